The van der Waals surface area contributed by atoms with Crippen molar-refractivity contribution in [1.82, 2.24) is 14.5 Å². The number of amides is 2. The zero-order valence-corrected chi connectivity index (χ0v) is 20.5. The average Bonchev–Trinajstić information content (AvgIpc) is 2.87. The fourth-order valence-electron chi connectivity index (χ4n) is 3.70. The van der Waals surface area contributed by atoms with Gasteiger partial charge >= 0.3 is 6.03 Å². The molecule has 2 amide bonds. The van der Waals surface area contributed by atoms with Crippen LogP contribution < -0.4 is 20.3 Å². The number of anilines is 1. The standard InChI is InChI=1S/C26H25ClN4O4/c1-16(30(2)26(33)28-18-6-5-7-21(15-18)35-4)24-29-23-14-17(27)8-13-22(23)25(32)31(24)19-9-11-20(34-3)12-10-19/h5-16H,1-4H3,(H,28,33). The summed E-state index contributed by atoms with van der Waals surface area (Å²) in [6.45, 7) is 1.81. The van der Waals surface area contributed by atoms with Gasteiger partial charge in [0.1, 0.15) is 17.3 Å². The predicted molar refractivity (Wildman–Crippen MR) is 137 cm³/mol. The van der Waals surface area contributed by atoms with E-state index in [1.54, 1.807) is 88.0 Å². The van der Waals surface area contributed by atoms with E-state index in [4.69, 9.17) is 26.1 Å². The van der Waals surface area contributed by atoms with Crippen LogP contribution in [0.1, 0.15) is 18.8 Å². The zero-order chi connectivity index (χ0) is 25.1. The molecule has 0 spiro atoms. The summed E-state index contributed by atoms with van der Waals surface area (Å²) in [7, 11) is 4.78. The van der Waals surface area contributed by atoms with Gasteiger partial charge in [0.05, 0.1) is 36.9 Å². The van der Waals surface area contributed by atoms with Crippen LogP contribution in [0.15, 0.2) is 71.5 Å². The fraction of sp³-hybridized carbons (Fsp3) is 0.192. The van der Waals surface area contributed by atoms with E-state index in [1.165, 1.54) is 9.47 Å². The molecule has 180 valence electrons. The van der Waals surface area contributed by atoms with Gasteiger partial charge in [0, 0.05) is 23.8 Å². The number of rotatable bonds is 6. The number of methoxy groups -OCH3 is 2. The van der Waals surface area contributed by atoms with Crippen LogP contribution in [0.4, 0.5) is 10.5 Å². The molecule has 1 unspecified atom stereocenters. The summed E-state index contributed by atoms with van der Waals surface area (Å²) < 4.78 is 12.0. The van der Waals surface area contributed by atoms with E-state index >= 15 is 0 Å². The second-order valence-electron chi connectivity index (χ2n) is 7.92. The highest BCUT2D eigenvalue weighted by atomic mass is 35.5. The number of carbonyl (C=O) groups is 1. The maximum absolute atomic E-state index is 13.6. The van der Waals surface area contributed by atoms with Crippen molar-refractivity contribution in [3.63, 3.8) is 0 Å². The third-order valence-corrected chi connectivity index (χ3v) is 6.02. The minimum absolute atomic E-state index is 0.264. The number of carbonyl (C=O) groups excluding carboxylic acids is 1. The monoisotopic (exact) mass is 492 g/mol. The number of ether oxygens (including phenoxy) is 2. The van der Waals surface area contributed by atoms with Gasteiger partial charge < -0.3 is 19.7 Å². The van der Waals surface area contributed by atoms with Crippen LogP contribution >= 0.6 is 11.6 Å². The lowest BCUT2D eigenvalue weighted by Crippen LogP contribution is -2.37. The van der Waals surface area contributed by atoms with Crippen molar-refractivity contribution < 1.29 is 14.3 Å². The number of hydrogen-bond donors (Lipinski definition) is 1. The molecule has 0 fully saturated rings. The normalized spacial score (nSPS) is 11.7. The summed E-state index contributed by atoms with van der Waals surface area (Å²) in [6, 6.07) is 18.2. The molecule has 35 heavy (non-hydrogen) atoms. The first-order chi connectivity index (χ1) is 16.8. The first-order valence-electron chi connectivity index (χ1n) is 10.9. The molecular formula is C26H25ClN4O4. The molecule has 4 aromatic rings. The van der Waals surface area contributed by atoms with Gasteiger partial charge in [0.2, 0.25) is 0 Å². The van der Waals surface area contributed by atoms with Crippen molar-refractivity contribution >= 4 is 34.2 Å². The van der Waals surface area contributed by atoms with E-state index in [0.29, 0.717) is 44.6 Å². The Labute approximate surface area is 207 Å². The Hall–Kier alpha value is -4.04. The van der Waals surface area contributed by atoms with E-state index in [2.05, 4.69) is 5.32 Å². The van der Waals surface area contributed by atoms with Gasteiger partial charge in [-0.2, -0.15) is 0 Å². The van der Waals surface area contributed by atoms with Crippen molar-refractivity contribution in [3.05, 3.63) is 87.9 Å². The van der Waals surface area contributed by atoms with Crippen molar-refractivity contribution in [2.45, 2.75) is 13.0 Å². The molecule has 0 aliphatic carbocycles. The topological polar surface area (TPSA) is 85.7 Å². The van der Waals surface area contributed by atoms with Crippen molar-refractivity contribution in [2.24, 2.45) is 0 Å². The Kier molecular flexibility index (Phi) is 6.93. The molecular weight excluding hydrogens is 468 g/mol. The van der Waals surface area contributed by atoms with Crippen LogP contribution in [-0.4, -0.2) is 41.7 Å². The highest BCUT2D eigenvalue weighted by molar-refractivity contribution is 6.31. The maximum atomic E-state index is 13.6. The van der Waals surface area contributed by atoms with Gasteiger partial charge in [-0.05, 0) is 61.5 Å². The van der Waals surface area contributed by atoms with Gasteiger partial charge in [-0.3, -0.25) is 9.36 Å². The molecule has 0 saturated heterocycles. The number of hydrogen-bond acceptors (Lipinski definition) is 5. The van der Waals surface area contributed by atoms with Gasteiger partial charge in [-0.25, -0.2) is 9.78 Å². The molecule has 1 atom stereocenters. The van der Waals surface area contributed by atoms with E-state index in [-0.39, 0.29) is 11.6 Å². The van der Waals surface area contributed by atoms with Gasteiger partial charge in [0.15, 0.2) is 0 Å². The maximum Gasteiger partial charge on any atom is 0.322 e. The minimum atomic E-state index is -0.571. The van der Waals surface area contributed by atoms with Gasteiger partial charge in [-0.1, -0.05) is 17.7 Å². The smallest absolute Gasteiger partial charge is 0.322 e. The Morgan fingerprint density at radius 3 is 2.43 bits per heavy atom. The summed E-state index contributed by atoms with van der Waals surface area (Å²) >= 11 is 6.17. The molecule has 1 N–H and O–H groups in total. The van der Waals surface area contributed by atoms with Crippen LogP contribution in [0, 0.1) is 0 Å². The number of nitrogens with one attached hydrogen (secondary N) is 1. The number of halogens is 1. The van der Waals surface area contributed by atoms with Gasteiger partial charge in [0.25, 0.3) is 5.56 Å². The van der Waals surface area contributed by atoms with Crippen molar-refractivity contribution in [3.8, 4) is 17.2 Å². The second-order valence-corrected chi connectivity index (χ2v) is 8.36. The van der Waals surface area contributed by atoms with E-state index < -0.39 is 6.04 Å². The summed E-state index contributed by atoms with van der Waals surface area (Å²) in [5, 5.41) is 3.74. The van der Waals surface area contributed by atoms with Crippen LogP contribution in [0.2, 0.25) is 5.02 Å². The van der Waals surface area contributed by atoms with Gasteiger partial charge in [-0.15, -0.1) is 0 Å². The lowest BCUT2D eigenvalue weighted by atomic mass is 10.2. The lowest BCUT2D eigenvalue weighted by Gasteiger charge is -2.27. The summed E-state index contributed by atoms with van der Waals surface area (Å²) in [4.78, 5) is 32.9. The average molecular weight is 493 g/mol. The zero-order valence-electron chi connectivity index (χ0n) is 19.8. The third kappa shape index (κ3) is 4.93. The van der Waals surface area contributed by atoms with Crippen molar-refractivity contribution in [2.75, 3.05) is 26.6 Å². The molecule has 0 aliphatic rings. The van der Waals surface area contributed by atoms with E-state index in [0.717, 1.165) is 0 Å². The van der Waals surface area contributed by atoms with Crippen LogP contribution in [0.3, 0.4) is 0 Å². The summed E-state index contributed by atoms with van der Waals surface area (Å²) in [5.74, 6) is 1.67. The van der Waals surface area contributed by atoms with Crippen LogP contribution in [0.5, 0.6) is 11.5 Å². The Morgan fingerprint density at radius 1 is 1.03 bits per heavy atom. The number of fused-ring (bicyclic) bond motifs is 1. The largest absolute Gasteiger partial charge is 0.497 e. The number of nitrogens with zero attached hydrogens (tertiary/aromatic N) is 3. The summed E-state index contributed by atoms with van der Waals surface area (Å²) in [5.41, 5.74) is 1.37. The molecule has 9 heteroatoms. The Morgan fingerprint density at radius 2 is 1.74 bits per heavy atom. The first kappa shape index (κ1) is 24.1. The van der Waals surface area contributed by atoms with E-state index in [1.807, 2.05) is 6.92 Å². The number of benzene rings is 3. The molecule has 0 radical (unpaired) electrons. The molecule has 0 bridgehead atoms. The number of urea groups is 1. The first-order valence-corrected chi connectivity index (χ1v) is 11.2. The SMILES string of the molecule is COc1ccc(-n2c(C(C)N(C)C(=O)Nc3cccc(OC)c3)nc3cc(Cl)ccc3c2=O)cc1. The molecule has 3 aromatic carbocycles. The predicted octanol–water partition coefficient (Wildman–Crippen LogP) is 5.28. The fourth-order valence-corrected chi connectivity index (χ4v) is 3.87. The second kappa shape index (κ2) is 10.1. The molecule has 1 aromatic heterocycles. The van der Waals surface area contributed by atoms with E-state index in [9.17, 15) is 9.59 Å². The highest BCUT2D eigenvalue weighted by Crippen LogP contribution is 2.25. The molecule has 4 rings (SSSR count). The minimum Gasteiger partial charge on any atom is -0.497 e. The quantitative estimate of drug-likeness (QED) is 0.395. The third-order valence-electron chi connectivity index (χ3n) is 5.78. The Bertz CT molecular complexity index is 1440. The highest BCUT2D eigenvalue weighted by Gasteiger charge is 2.24. The summed E-state index contributed by atoms with van der Waals surface area (Å²) in [6.07, 6.45) is 0. The van der Waals surface area contributed by atoms with Crippen LogP contribution in [0.25, 0.3) is 16.6 Å². The Balaban J connectivity index is 1.77. The number of aromatic nitrogens is 2. The molecule has 8 nitrogen and oxygen atoms in total. The molecule has 0 saturated carbocycles. The van der Waals surface area contributed by atoms with Crippen molar-refractivity contribution in [1.29, 1.82) is 0 Å². The lowest BCUT2D eigenvalue weighted by molar-refractivity contribution is 0.205. The molecule has 1 heterocycles. The van der Waals surface area contributed by atoms with Crippen LogP contribution in [-0.2, 0) is 0 Å². The molecule has 0 aliphatic heterocycles.